The van der Waals surface area contributed by atoms with Crippen molar-refractivity contribution in [2.24, 2.45) is 5.73 Å². The summed E-state index contributed by atoms with van der Waals surface area (Å²) in [6.07, 6.45) is 0.00102. The molecule has 21 heavy (non-hydrogen) atoms. The Kier molecular flexibility index (Phi) is 4.75. The first-order valence-electron chi connectivity index (χ1n) is 6.15. The number of hydrogen-bond acceptors (Lipinski definition) is 2. The minimum absolute atomic E-state index is 0.00102. The molecule has 0 saturated carbocycles. The van der Waals surface area contributed by atoms with Crippen LogP contribution in [0, 0.1) is 17.5 Å². The van der Waals surface area contributed by atoms with Crippen molar-refractivity contribution in [3.8, 4) is 5.75 Å². The van der Waals surface area contributed by atoms with Crippen LogP contribution in [-0.4, -0.2) is 7.11 Å². The molecule has 0 fully saturated rings. The summed E-state index contributed by atoms with van der Waals surface area (Å²) >= 11 is 5.48. The topological polar surface area (TPSA) is 35.2 Å². The summed E-state index contributed by atoms with van der Waals surface area (Å²) in [5, 5.41) is -0.323. The Morgan fingerprint density at radius 1 is 1.19 bits per heavy atom. The molecule has 0 bridgehead atoms. The standard InChI is InChI=1S/C15H13ClF3NO/c1-21-14-4-2-3-8(15(14)19)5-13(20)9-6-12(18)10(16)7-11(9)17/h2-4,6-7,13H,5,20H2,1H3. The van der Waals surface area contributed by atoms with Gasteiger partial charge in [0.15, 0.2) is 11.6 Å². The quantitative estimate of drug-likeness (QED) is 0.865. The number of methoxy groups -OCH3 is 1. The monoisotopic (exact) mass is 315 g/mol. The maximum absolute atomic E-state index is 14.0. The van der Waals surface area contributed by atoms with Gasteiger partial charge in [-0.1, -0.05) is 23.7 Å². The highest BCUT2D eigenvalue weighted by Crippen LogP contribution is 2.27. The summed E-state index contributed by atoms with van der Waals surface area (Å²) in [5.41, 5.74) is 6.05. The Morgan fingerprint density at radius 3 is 2.57 bits per heavy atom. The second kappa shape index (κ2) is 6.37. The Morgan fingerprint density at radius 2 is 1.90 bits per heavy atom. The van der Waals surface area contributed by atoms with Gasteiger partial charge < -0.3 is 10.5 Å². The van der Waals surface area contributed by atoms with Crippen LogP contribution in [0.3, 0.4) is 0 Å². The molecular weight excluding hydrogens is 303 g/mol. The number of ether oxygens (including phenoxy) is 1. The molecule has 6 heteroatoms. The number of halogens is 4. The van der Waals surface area contributed by atoms with E-state index in [2.05, 4.69) is 0 Å². The number of nitrogens with two attached hydrogens (primary N) is 1. The van der Waals surface area contributed by atoms with Crippen LogP contribution < -0.4 is 10.5 Å². The van der Waals surface area contributed by atoms with E-state index in [0.29, 0.717) is 0 Å². The zero-order valence-electron chi connectivity index (χ0n) is 11.2. The Hall–Kier alpha value is -1.72. The van der Waals surface area contributed by atoms with Gasteiger partial charge in [-0.15, -0.1) is 0 Å². The Labute approximate surface area is 125 Å². The minimum atomic E-state index is -0.904. The summed E-state index contributed by atoms with van der Waals surface area (Å²) in [7, 11) is 1.34. The van der Waals surface area contributed by atoms with Crippen LogP contribution in [0.15, 0.2) is 30.3 Å². The fourth-order valence-corrected chi connectivity index (χ4v) is 2.19. The average molecular weight is 316 g/mol. The summed E-state index contributed by atoms with van der Waals surface area (Å²) < 4.78 is 46.1. The number of hydrogen-bond donors (Lipinski definition) is 1. The third-order valence-electron chi connectivity index (χ3n) is 3.14. The first-order valence-corrected chi connectivity index (χ1v) is 6.53. The first-order chi connectivity index (χ1) is 9.93. The van der Waals surface area contributed by atoms with Crippen LogP contribution in [0.4, 0.5) is 13.2 Å². The van der Waals surface area contributed by atoms with Crippen molar-refractivity contribution in [2.75, 3.05) is 7.11 Å². The molecule has 2 aromatic rings. The van der Waals surface area contributed by atoms with Crippen molar-refractivity contribution < 1.29 is 17.9 Å². The van der Waals surface area contributed by atoms with E-state index >= 15 is 0 Å². The van der Waals surface area contributed by atoms with Gasteiger partial charge >= 0.3 is 0 Å². The summed E-state index contributed by atoms with van der Waals surface area (Å²) in [6.45, 7) is 0. The first kappa shape index (κ1) is 15.7. The third kappa shape index (κ3) is 3.31. The van der Waals surface area contributed by atoms with Crippen LogP contribution in [0.2, 0.25) is 5.02 Å². The molecule has 0 saturated heterocycles. The molecule has 2 aromatic carbocycles. The molecular formula is C15H13ClF3NO. The lowest BCUT2D eigenvalue weighted by atomic mass is 9.98. The zero-order chi connectivity index (χ0) is 15.6. The second-order valence-corrected chi connectivity index (χ2v) is 4.94. The third-order valence-corrected chi connectivity index (χ3v) is 3.43. The van der Waals surface area contributed by atoms with E-state index in [-0.39, 0.29) is 28.3 Å². The molecule has 0 amide bonds. The van der Waals surface area contributed by atoms with Crippen molar-refractivity contribution in [3.05, 3.63) is 63.9 Å². The van der Waals surface area contributed by atoms with Crippen molar-refractivity contribution in [3.63, 3.8) is 0 Å². The van der Waals surface area contributed by atoms with Crippen LogP contribution >= 0.6 is 11.6 Å². The van der Waals surface area contributed by atoms with Crippen molar-refractivity contribution in [2.45, 2.75) is 12.5 Å². The smallest absolute Gasteiger partial charge is 0.168 e. The van der Waals surface area contributed by atoms with E-state index in [1.54, 1.807) is 6.07 Å². The SMILES string of the molecule is COc1cccc(CC(N)c2cc(F)c(Cl)cc2F)c1F. The molecule has 0 aliphatic rings. The molecule has 112 valence electrons. The van der Waals surface area contributed by atoms with Gasteiger partial charge in [0.05, 0.1) is 12.1 Å². The van der Waals surface area contributed by atoms with Gasteiger partial charge in [-0.05, 0) is 30.2 Å². The average Bonchev–Trinajstić information content (AvgIpc) is 2.45. The normalized spacial score (nSPS) is 12.3. The van der Waals surface area contributed by atoms with Crippen LogP contribution in [0.5, 0.6) is 5.75 Å². The van der Waals surface area contributed by atoms with E-state index in [9.17, 15) is 13.2 Å². The minimum Gasteiger partial charge on any atom is -0.494 e. The van der Waals surface area contributed by atoms with Crippen LogP contribution in [-0.2, 0) is 6.42 Å². The highest BCUT2D eigenvalue weighted by molar-refractivity contribution is 6.30. The van der Waals surface area contributed by atoms with Gasteiger partial charge in [0.25, 0.3) is 0 Å². The number of benzene rings is 2. The van der Waals surface area contributed by atoms with Crippen molar-refractivity contribution >= 4 is 11.6 Å². The molecule has 0 aliphatic carbocycles. The molecule has 0 aromatic heterocycles. The number of rotatable bonds is 4. The lowest BCUT2D eigenvalue weighted by Crippen LogP contribution is -2.16. The van der Waals surface area contributed by atoms with Gasteiger partial charge in [0.1, 0.15) is 11.6 Å². The summed E-state index contributed by atoms with van der Waals surface area (Å²) in [4.78, 5) is 0. The highest BCUT2D eigenvalue weighted by atomic mass is 35.5. The van der Waals surface area contributed by atoms with E-state index in [1.807, 2.05) is 0 Å². The molecule has 2 rings (SSSR count). The maximum atomic E-state index is 14.0. The highest BCUT2D eigenvalue weighted by Gasteiger charge is 2.18. The van der Waals surface area contributed by atoms with Crippen molar-refractivity contribution in [1.82, 2.24) is 0 Å². The maximum Gasteiger partial charge on any atom is 0.168 e. The Balaban J connectivity index is 2.30. The zero-order valence-corrected chi connectivity index (χ0v) is 11.9. The molecule has 1 unspecified atom stereocenters. The lowest BCUT2D eigenvalue weighted by Gasteiger charge is -2.15. The molecule has 1 atom stereocenters. The lowest BCUT2D eigenvalue weighted by molar-refractivity contribution is 0.383. The van der Waals surface area contributed by atoms with E-state index < -0.39 is 23.5 Å². The Bertz CT molecular complexity index is 664. The molecule has 2 N–H and O–H groups in total. The van der Waals surface area contributed by atoms with Crippen molar-refractivity contribution in [1.29, 1.82) is 0 Å². The van der Waals surface area contributed by atoms with Crippen LogP contribution in [0.1, 0.15) is 17.2 Å². The molecule has 0 spiro atoms. The van der Waals surface area contributed by atoms with Gasteiger partial charge in [-0.25, -0.2) is 13.2 Å². The largest absolute Gasteiger partial charge is 0.494 e. The molecule has 0 aliphatic heterocycles. The predicted molar refractivity (Wildman–Crippen MR) is 75.0 cm³/mol. The van der Waals surface area contributed by atoms with E-state index in [1.165, 1.54) is 19.2 Å². The fraction of sp³-hybridized carbons (Fsp3) is 0.200. The molecule has 0 radical (unpaired) electrons. The summed E-state index contributed by atoms with van der Waals surface area (Å²) in [6, 6.07) is 5.46. The van der Waals surface area contributed by atoms with E-state index in [4.69, 9.17) is 22.1 Å². The fourth-order valence-electron chi connectivity index (χ4n) is 2.04. The van der Waals surface area contributed by atoms with E-state index in [0.717, 1.165) is 12.1 Å². The predicted octanol–water partition coefficient (Wildman–Crippen LogP) is 4.01. The van der Waals surface area contributed by atoms with Gasteiger partial charge in [0, 0.05) is 11.6 Å². The molecule has 2 nitrogen and oxygen atoms in total. The van der Waals surface area contributed by atoms with Gasteiger partial charge in [0.2, 0.25) is 0 Å². The van der Waals surface area contributed by atoms with Crippen LogP contribution in [0.25, 0.3) is 0 Å². The molecule has 0 heterocycles. The second-order valence-electron chi connectivity index (χ2n) is 4.53. The van der Waals surface area contributed by atoms with Gasteiger partial charge in [-0.3, -0.25) is 0 Å². The van der Waals surface area contributed by atoms with Gasteiger partial charge in [-0.2, -0.15) is 0 Å². The summed E-state index contributed by atoms with van der Waals surface area (Å²) in [5.74, 6) is -1.99.